The molecule has 2 heterocycles. The molecule has 1 amide bonds. The highest BCUT2D eigenvalue weighted by molar-refractivity contribution is 5.95. The van der Waals surface area contributed by atoms with Gasteiger partial charge in [-0.25, -0.2) is 0 Å². The molecule has 20 heavy (non-hydrogen) atoms. The molecular formula is C12H16F3N3O2. The Morgan fingerprint density at radius 2 is 2.25 bits per heavy atom. The van der Waals surface area contributed by atoms with Gasteiger partial charge in [-0.15, -0.1) is 0 Å². The SMILES string of the molecule is CCn1ncc(C(=O)N2CCCC(O)C2)c1C(F)(F)F. The lowest BCUT2D eigenvalue weighted by Crippen LogP contribution is -2.42. The Kier molecular flexibility index (Phi) is 4.03. The number of amides is 1. The molecule has 0 radical (unpaired) electrons. The molecule has 5 nitrogen and oxygen atoms in total. The predicted molar refractivity (Wildman–Crippen MR) is 64.0 cm³/mol. The highest BCUT2D eigenvalue weighted by atomic mass is 19.4. The summed E-state index contributed by atoms with van der Waals surface area (Å²) in [6.07, 6.45) is -3.22. The minimum atomic E-state index is -4.63. The maximum atomic E-state index is 13.1. The standard InChI is InChI=1S/C12H16F3N3O2/c1-2-18-10(12(13,14)15)9(6-16-18)11(20)17-5-3-4-8(19)7-17/h6,8,19H,2-5,7H2,1H3. The van der Waals surface area contributed by atoms with Gasteiger partial charge in [0.1, 0.15) is 0 Å². The van der Waals surface area contributed by atoms with Crippen molar-refractivity contribution >= 4 is 5.91 Å². The van der Waals surface area contributed by atoms with Gasteiger partial charge >= 0.3 is 6.18 Å². The summed E-state index contributed by atoms with van der Waals surface area (Å²) in [5.74, 6) is -0.726. The summed E-state index contributed by atoms with van der Waals surface area (Å²) in [7, 11) is 0. The zero-order valence-corrected chi connectivity index (χ0v) is 11.0. The molecule has 1 aromatic rings. The lowest BCUT2D eigenvalue weighted by atomic mass is 10.1. The number of nitrogens with zero attached hydrogens (tertiary/aromatic N) is 3. The summed E-state index contributed by atoms with van der Waals surface area (Å²) in [5, 5.41) is 13.1. The number of aryl methyl sites for hydroxylation is 1. The molecule has 0 saturated carbocycles. The molecule has 1 atom stereocenters. The third kappa shape index (κ3) is 2.79. The predicted octanol–water partition coefficient (Wildman–Crippen LogP) is 1.52. The Morgan fingerprint density at radius 1 is 1.55 bits per heavy atom. The van der Waals surface area contributed by atoms with Crippen LogP contribution < -0.4 is 0 Å². The van der Waals surface area contributed by atoms with Gasteiger partial charge in [0.25, 0.3) is 5.91 Å². The number of hydrogen-bond acceptors (Lipinski definition) is 3. The topological polar surface area (TPSA) is 58.4 Å². The maximum absolute atomic E-state index is 13.1. The van der Waals surface area contributed by atoms with Crippen molar-refractivity contribution in [1.29, 1.82) is 0 Å². The average molecular weight is 291 g/mol. The molecule has 2 rings (SSSR count). The van der Waals surface area contributed by atoms with Gasteiger partial charge in [-0.05, 0) is 19.8 Å². The van der Waals surface area contributed by atoms with Crippen molar-refractivity contribution in [3.8, 4) is 0 Å². The third-order valence-corrected chi connectivity index (χ3v) is 3.32. The van der Waals surface area contributed by atoms with E-state index in [-0.39, 0.29) is 13.1 Å². The van der Waals surface area contributed by atoms with E-state index in [1.54, 1.807) is 0 Å². The lowest BCUT2D eigenvalue weighted by Gasteiger charge is -2.30. The molecule has 0 aromatic carbocycles. The highest BCUT2D eigenvalue weighted by Gasteiger charge is 2.41. The Labute approximate surface area is 114 Å². The van der Waals surface area contributed by atoms with Crippen LogP contribution in [-0.4, -0.2) is 44.9 Å². The van der Waals surface area contributed by atoms with E-state index < -0.39 is 29.4 Å². The van der Waals surface area contributed by atoms with Crippen molar-refractivity contribution in [2.24, 2.45) is 0 Å². The van der Waals surface area contributed by atoms with Gasteiger partial charge in [-0.2, -0.15) is 18.3 Å². The Balaban J connectivity index is 2.32. The molecule has 0 aliphatic carbocycles. The van der Waals surface area contributed by atoms with Crippen molar-refractivity contribution in [3.05, 3.63) is 17.5 Å². The molecule has 8 heteroatoms. The number of aliphatic hydroxyl groups excluding tert-OH is 1. The number of hydrogen-bond donors (Lipinski definition) is 1. The normalized spacial score (nSPS) is 20.2. The molecule has 0 spiro atoms. The first kappa shape index (κ1) is 14.8. The number of alkyl halides is 3. The first-order valence-corrected chi connectivity index (χ1v) is 6.45. The zero-order valence-electron chi connectivity index (χ0n) is 11.0. The molecule has 1 N–H and O–H groups in total. The quantitative estimate of drug-likeness (QED) is 0.898. The number of rotatable bonds is 2. The summed E-state index contributed by atoms with van der Waals surface area (Å²) < 4.78 is 39.9. The fourth-order valence-electron chi connectivity index (χ4n) is 2.39. The van der Waals surface area contributed by atoms with Gasteiger partial charge < -0.3 is 10.0 Å². The third-order valence-electron chi connectivity index (χ3n) is 3.32. The number of β-amino-alcohol motifs (C(OH)–C–C–N with tert-alkyl or cyclic N) is 1. The minimum Gasteiger partial charge on any atom is -0.391 e. The van der Waals surface area contributed by atoms with Gasteiger partial charge in [0.05, 0.1) is 17.9 Å². The molecule has 1 unspecified atom stereocenters. The van der Waals surface area contributed by atoms with Crippen molar-refractivity contribution in [2.45, 2.75) is 38.6 Å². The summed E-state index contributed by atoms with van der Waals surface area (Å²) in [6.45, 7) is 1.98. The van der Waals surface area contributed by atoms with Crippen LogP contribution in [0.3, 0.4) is 0 Å². The number of carbonyl (C=O) groups excluding carboxylic acids is 1. The monoisotopic (exact) mass is 291 g/mol. The molecule has 1 aliphatic rings. The summed E-state index contributed by atoms with van der Waals surface area (Å²) in [5.41, 5.74) is -1.47. The van der Waals surface area contributed by atoms with Crippen LogP contribution >= 0.6 is 0 Å². The first-order chi connectivity index (χ1) is 9.34. The fourth-order valence-corrected chi connectivity index (χ4v) is 2.39. The van der Waals surface area contributed by atoms with Crippen LogP contribution in [0.1, 0.15) is 35.8 Å². The number of aromatic nitrogens is 2. The number of aliphatic hydroxyl groups is 1. The van der Waals surface area contributed by atoms with E-state index in [2.05, 4.69) is 5.10 Å². The fraction of sp³-hybridized carbons (Fsp3) is 0.667. The highest BCUT2D eigenvalue weighted by Crippen LogP contribution is 2.32. The minimum absolute atomic E-state index is 0.0325. The maximum Gasteiger partial charge on any atom is 0.433 e. The second-order valence-corrected chi connectivity index (χ2v) is 4.77. The zero-order chi connectivity index (χ0) is 14.9. The summed E-state index contributed by atoms with van der Waals surface area (Å²) in [6, 6.07) is 0. The Bertz CT molecular complexity index is 499. The van der Waals surface area contributed by atoms with Crippen molar-refractivity contribution in [3.63, 3.8) is 0 Å². The van der Waals surface area contributed by atoms with Crippen LogP contribution in [0.15, 0.2) is 6.20 Å². The van der Waals surface area contributed by atoms with E-state index in [4.69, 9.17) is 0 Å². The van der Waals surface area contributed by atoms with Gasteiger partial charge in [-0.1, -0.05) is 0 Å². The first-order valence-electron chi connectivity index (χ1n) is 6.45. The van der Waals surface area contributed by atoms with Crippen molar-refractivity contribution in [1.82, 2.24) is 14.7 Å². The lowest BCUT2D eigenvalue weighted by molar-refractivity contribution is -0.144. The molecule has 1 aromatic heterocycles. The molecule has 0 bridgehead atoms. The summed E-state index contributed by atoms with van der Waals surface area (Å²) in [4.78, 5) is 13.5. The molecule has 112 valence electrons. The Hall–Kier alpha value is -1.57. The van der Waals surface area contributed by atoms with Crippen LogP contribution in [0.2, 0.25) is 0 Å². The van der Waals surface area contributed by atoms with Gasteiger partial charge in [0.15, 0.2) is 5.69 Å². The van der Waals surface area contributed by atoms with Gasteiger partial charge in [-0.3, -0.25) is 9.48 Å². The van der Waals surface area contributed by atoms with Crippen LogP contribution in [0.25, 0.3) is 0 Å². The van der Waals surface area contributed by atoms with E-state index in [0.717, 1.165) is 10.9 Å². The van der Waals surface area contributed by atoms with E-state index >= 15 is 0 Å². The average Bonchev–Trinajstić information content (AvgIpc) is 2.81. The van der Waals surface area contributed by atoms with Crippen molar-refractivity contribution < 1.29 is 23.1 Å². The van der Waals surface area contributed by atoms with Crippen molar-refractivity contribution in [2.75, 3.05) is 13.1 Å². The molecular weight excluding hydrogens is 275 g/mol. The van der Waals surface area contributed by atoms with E-state index in [1.807, 2.05) is 0 Å². The van der Waals surface area contributed by atoms with E-state index in [1.165, 1.54) is 11.8 Å². The van der Waals surface area contributed by atoms with Crippen LogP contribution in [0.4, 0.5) is 13.2 Å². The van der Waals surface area contributed by atoms with Gasteiger partial charge in [0.2, 0.25) is 0 Å². The largest absolute Gasteiger partial charge is 0.433 e. The van der Waals surface area contributed by atoms with Crippen LogP contribution in [0, 0.1) is 0 Å². The number of halogens is 3. The van der Waals surface area contributed by atoms with Crippen LogP contribution in [0.5, 0.6) is 0 Å². The van der Waals surface area contributed by atoms with Gasteiger partial charge in [0, 0.05) is 19.6 Å². The number of likely N-dealkylation sites (tertiary alicyclic amines) is 1. The number of carbonyl (C=O) groups is 1. The second-order valence-electron chi connectivity index (χ2n) is 4.77. The second kappa shape index (κ2) is 5.43. The molecule has 1 saturated heterocycles. The molecule has 1 aliphatic heterocycles. The summed E-state index contributed by atoms with van der Waals surface area (Å²) >= 11 is 0. The van der Waals surface area contributed by atoms with E-state index in [0.29, 0.717) is 19.4 Å². The smallest absolute Gasteiger partial charge is 0.391 e. The molecule has 1 fully saturated rings. The van der Waals surface area contributed by atoms with Crippen LogP contribution in [-0.2, 0) is 12.7 Å². The number of piperidine rings is 1. The van der Waals surface area contributed by atoms with E-state index in [9.17, 15) is 23.1 Å². The Morgan fingerprint density at radius 3 is 2.80 bits per heavy atom.